The minimum Gasteiger partial charge on any atom is -0.455 e. The van der Waals surface area contributed by atoms with Crippen LogP contribution in [-0.2, 0) is 20.9 Å². The molecule has 3 rings (SSSR count). The molecule has 0 unspecified atom stereocenters. The summed E-state index contributed by atoms with van der Waals surface area (Å²) in [4.78, 5) is 28.5. The van der Waals surface area contributed by atoms with Crippen molar-refractivity contribution in [2.45, 2.75) is 32.2 Å². The molecule has 0 atom stereocenters. The van der Waals surface area contributed by atoms with Crippen LogP contribution in [0.5, 0.6) is 0 Å². The molecule has 0 aliphatic heterocycles. The summed E-state index contributed by atoms with van der Waals surface area (Å²) < 4.78 is 6.96. The topological polar surface area (TPSA) is 60.7 Å². The highest BCUT2D eigenvalue weighted by Gasteiger charge is 2.24. The van der Waals surface area contributed by atoms with Crippen LogP contribution in [0.1, 0.15) is 31.2 Å². The molecule has 1 aromatic carbocycles. The highest BCUT2D eigenvalue weighted by Crippen LogP contribution is 2.25. The molecule has 2 aromatic rings. The summed E-state index contributed by atoms with van der Waals surface area (Å²) in [6.45, 7) is 0.219. The molecule has 1 aliphatic rings. The van der Waals surface area contributed by atoms with Crippen molar-refractivity contribution < 1.29 is 14.3 Å². The first kappa shape index (κ1) is 17.9. The van der Waals surface area contributed by atoms with Crippen LogP contribution in [-0.4, -0.2) is 23.1 Å². The smallest absolute Gasteiger partial charge is 0.309 e. The number of amides is 1. The normalized spacial score (nSPS) is 15.5. The lowest BCUT2D eigenvalue weighted by molar-refractivity contribution is -0.151. The third kappa shape index (κ3) is 4.80. The second kappa shape index (κ2) is 8.45. The summed E-state index contributed by atoms with van der Waals surface area (Å²) >= 11 is 7.54. The number of carbonyl (C=O) groups excluding carboxylic acids is 2. The first-order valence-corrected chi connectivity index (χ1v) is 9.51. The highest BCUT2D eigenvalue weighted by molar-refractivity contribution is 7.07. The van der Waals surface area contributed by atoms with Crippen LogP contribution in [0.15, 0.2) is 40.8 Å². The van der Waals surface area contributed by atoms with E-state index >= 15 is 0 Å². The van der Waals surface area contributed by atoms with Crippen LogP contribution in [0.3, 0.4) is 0 Å². The van der Waals surface area contributed by atoms with E-state index in [1.54, 1.807) is 0 Å². The van der Waals surface area contributed by atoms with Crippen molar-refractivity contribution in [3.63, 3.8) is 0 Å². The van der Waals surface area contributed by atoms with Gasteiger partial charge in [-0.3, -0.25) is 9.59 Å². The zero-order chi connectivity index (χ0) is 17.6. The molecule has 0 bridgehead atoms. The summed E-state index contributed by atoms with van der Waals surface area (Å²) in [6.07, 6.45) is 5.66. The number of carbonyl (C=O) groups is 2. The van der Waals surface area contributed by atoms with E-state index in [1.807, 2.05) is 40.4 Å². The maximum atomic E-state index is 12.0. The number of nitrogens with zero attached hydrogens (tertiary/aromatic N) is 2. The Kier molecular flexibility index (Phi) is 6.04. The number of hydrogen-bond acceptors (Lipinski definition) is 4. The molecule has 5 nitrogen and oxygen atoms in total. The molecule has 132 valence electrons. The molecule has 1 aliphatic carbocycles. The number of esters is 1. The Morgan fingerprint density at radius 2 is 2.04 bits per heavy atom. The third-order valence-corrected chi connectivity index (χ3v) is 5.37. The van der Waals surface area contributed by atoms with E-state index in [2.05, 4.69) is 4.99 Å². The van der Waals surface area contributed by atoms with Gasteiger partial charge in [0.05, 0.1) is 12.5 Å². The van der Waals surface area contributed by atoms with Crippen LogP contribution in [0.4, 0.5) is 0 Å². The number of halogens is 1. The molecule has 0 saturated heterocycles. The molecule has 1 amide bonds. The Balaban J connectivity index is 1.63. The maximum absolute atomic E-state index is 12.0. The molecule has 0 spiro atoms. The minimum atomic E-state index is -0.457. The van der Waals surface area contributed by atoms with Crippen molar-refractivity contribution in [3.8, 4) is 0 Å². The number of benzene rings is 1. The second-order valence-corrected chi connectivity index (χ2v) is 7.28. The van der Waals surface area contributed by atoms with E-state index in [4.69, 9.17) is 16.3 Å². The van der Waals surface area contributed by atoms with E-state index in [0.717, 1.165) is 31.2 Å². The SMILES string of the molecule is O=C(COC(=O)C1CCCC1)N=c1sccn1Cc1ccccc1Cl. The fourth-order valence-electron chi connectivity index (χ4n) is 2.87. The molecule has 1 aromatic heterocycles. The Bertz CT molecular complexity index is 821. The van der Waals surface area contributed by atoms with Gasteiger partial charge in [-0.1, -0.05) is 42.6 Å². The van der Waals surface area contributed by atoms with Crippen molar-refractivity contribution in [2.75, 3.05) is 6.61 Å². The molecular weight excluding hydrogens is 360 g/mol. The predicted octanol–water partition coefficient (Wildman–Crippen LogP) is 3.41. The lowest BCUT2D eigenvalue weighted by Gasteiger charge is -2.07. The van der Waals surface area contributed by atoms with Crippen LogP contribution in [0.2, 0.25) is 5.02 Å². The van der Waals surface area contributed by atoms with E-state index in [-0.39, 0.29) is 18.5 Å². The third-order valence-electron chi connectivity index (χ3n) is 4.21. The Hall–Kier alpha value is -1.92. The number of thiazole rings is 1. The summed E-state index contributed by atoms with van der Waals surface area (Å²) in [7, 11) is 0. The standard InChI is InChI=1S/C18H19ClN2O3S/c19-15-8-4-3-7-14(15)11-21-9-10-25-18(21)20-16(22)12-24-17(23)13-5-1-2-6-13/h3-4,7-10,13H,1-2,5-6,11-12H2. The van der Waals surface area contributed by atoms with Crippen LogP contribution in [0.25, 0.3) is 0 Å². The fourth-order valence-corrected chi connectivity index (χ4v) is 3.81. The largest absolute Gasteiger partial charge is 0.455 e. The summed E-state index contributed by atoms with van der Waals surface area (Å²) in [5.41, 5.74) is 0.948. The molecule has 1 saturated carbocycles. The van der Waals surface area contributed by atoms with Crippen LogP contribution < -0.4 is 4.80 Å². The van der Waals surface area contributed by atoms with Gasteiger partial charge in [0.1, 0.15) is 0 Å². The predicted molar refractivity (Wildman–Crippen MR) is 96.4 cm³/mol. The van der Waals surface area contributed by atoms with Gasteiger partial charge in [-0.2, -0.15) is 4.99 Å². The average molecular weight is 379 g/mol. The van der Waals surface area contributed by atoms with Gasteiger partial charge in [0.25, 0.3) is 5.91 Å². The summed E-state index contributed by atoms with van der Waals surface area (Å²) in [5, 5.41) is 2.53. The summed E-state index contributed by atoms with van der Waals surface area (Å²) in [5.74, 6) is -0.794. The van der Waals surface area contributed by atoms with Crippen molar-refractivity contribution in [1.29, 1.82) is 0 Å². The summed E-state index contributed by atoms with van der Waals surface area (Å²) in [6, 6.07) is 7.55. The fraction of sp³-hybridized carbons (Fsp3) is 0.389. The van der Waals surface area contributed by atoms with Gasteiger partial charge in [-0.25, -0.2) is 0 Å². The van der Waals surface area contributed by atoms with Crippen LogP contribution >= 0.6 is 22.9 Å². The van der Waals surface area contributed by atoms with Gasteiger partial charge in [-0.05, 0) is 24.5 Å². The zero-order valence-corrected chi connectivity index (χ0v) is 15.3. The van der Waals surface area contributed by atoms with Crippen molar-refractivity contribution in [3.05, 3.63) is 51.2 Å². The highest BCUT2D eigenvalue weighted by atomic mass is 35.5. The quantitative estimate of drug-likeness (QED) is 0.749. The first-order valence-electron chi connectivity index (χ1n) is 8.25. The maximum Gasteiger partial charge on any atom is 0.309 e. The molecule has 7 heteroatoms. The lowest BCUT2D eigenvalue weighted by Crippen LogP contribution is -2.22. The van der Waals surface area contributed by atoms with Gasteiger partial charge >= 0.3 is 5.97 Å². The first-order chi connectivity index (χ1) is 12.1. The van der Waals surface area contributed by atoms with Gasteiger partial charge in [0.2, 0.25) is 0 Å². The zero-order valence-electron chi connectivity index (χ0n) is 13.7. The van der Waals surface area contributed by atoms with Gasteiger partial charge in [0.15, 0.2) is 11.4 Å². The number of aromatic nitrogens is 1. The van der Waals surface area contributed by atoms with E-state index in [1.165, 1.54) is 11.3 Å². The second-order valence-electron chi connectivity index (χ2n) is 6.00. The van der Waals surface area contributed by atoms with E-state index < -0.39 is 5.91 Å². The molecule has 25 heavy (non-hydrogen) atoms. The molecule has 0 radical (unpaired) electrons. The van der Waals surface area contributed by atoms with Crippen molar-refractivity contribution in [1.82, 2.24) is 4.57 Å². The molecule has 1 heterocycles. The Morgan fingerprint density at radius 1 is 1.28 bits per heavy atom. The molecular formula is C18H19ClN2O3S. The number of rotatable bonds is 5. The Labute approximate surface area is 154 Å². The van der Waals surface area contributed by atoms with Crippen molar-refractivity contribution in [2.24, 2.45) is 10.9 Å². The molecule has 1 fully saturated rings. The van der Waals surface area contributed by atoms with Gasteiger partial charge in [-0.15, -0.1) is 11.3 Å². The number of ether oxygens (including phenoxy) is 1. The average Bonchev–Trinajstić information content (AvgIpc) is 3.27. The van der Waals surface area contributed by atoms with E-state index in [0.29, 0.717) is 16.4 Å². The van der Waals surface area contributed by atoms with Gasteiger partial charge < -0.3 is 9.30 Å². The minimum absolute atomic E-state index is 0.0558. The van der Waals surface area contributed by atoms with Crippen LogP contribution in [0, 0.1) is 5.92 Å². The van der Waals surface area contributed by atoms with E-state index in [9.17, 15) is 9.59 Å². The van der Waals surface area contributed by atoms with Crippen molar-refractivity contribution >= 4 is 34.8 Å². The molecule has 0 N–H and O–H groups in total. The number of hydrogen-bond donors (Lipinski definition) is 0. The van der Waals surface area contributed by atoms with Gasteiger partial charge in [0, 0.05) is 16.6 Å². The lowest BCUT2D eigenvalue weighted by atomic mass is 10.1. The monoisotopic (exact) mass is 378 g/mol. The Morgan fingerprint density at radius 3 is 2.80 bits per heavy atom.